The molecule has 0 spiro atoms. The molecule has 0 saturated heterocycles. The Morgan fingerprint density at radius 1 is 1.00 bits per heavy atom. The van der Waals surface area contributed by atoms with Crippen molar-refractivity contribution in [3.8, 4) is 0 Å². The Hall–Kier alpha value is -1.04. The maximum atomic E-state index is 3.56. The molecule has 0 saturated carbocycles. The first-order valence-electron chi connectivity index (χ1n) is 3.52. The van der Waals surface area contributed by atoms with Crippen molar-refractivity contribution in [1.82, 2.24) is 0 Å². The summed E-state index contributed by atoms with van der Waals surface area (Å²) in [6.45, 7) is 5.67. The van der Waals surface area contributed by atoms with Crippen LogP contribution in [0.15, 0.2) is 49.1 Å². The molecule has 0 aliphatic carbocycles. The molecule has 0 heteroatoms. The van der Waals surface area contributed by atoms with Gasteiger partial charge in [-0.25, -0.2) is 0 Å². The molecule has 0 unspecified atom stereocenters. The minimum Gasteiger partial charge on any atom is -0.0991 e. The molecular weight excluding hydrogens is 120 g/mol. The van der Waals surface area contributed by atoms with Crippen molar-refractivity contribution < 1.29 is 0 Å². The summed E-state index contributed by atoms with van der Waals surface area (Å²) in [7, 11) is 0. The maximum absolute atomic E-state index is 3.56. The third-order valence-corrected chi connectivity index (χ3v) is 0.952. The van der Waals surface area contributed by atoms with Crippen LogP contribution in [0.2, 0.25) is 0 Å². The highest BCUT2D eigenvalue weighted by Gasteiger charge is 1.61. The van der Waals surface area contributed by atoms with Gasteiger partial charge in [0.1, 0.15) is 0 Å². The summed E-state index contributed by atoms with van der Waals surface area (Å²) < 4.78 is 0. The quantitative estimate of drug-likeness (QED) is 0.518. The molecule has 54 valence electrons. The van der Waals surface area contributed by atoms with Gasteiger partial charge in [-0.15, -0.1) is 0 Å². The summed E-state index contributed by atoms with van der Waals surface area (Å²) in [5.41, 5.74) is 0. The van der Waals surface area contributed by atoms with E-state index in [2.05, 4.69) is 19.6 Å². The van der Waals surface area contributed by atoms with Crippen LogP contribution in [-0.4, -0.2) is 0 Å². The van der Waals surface area contributed by atoms with Gasteiger partial charge >= 0.3 is 0 Å². The highest BCUT2D eigenvalue weighted by Crippen LogP contribution is 1.82. The molecule has 0 rings (SSSR count). The fraction of sp³-hybridized carbons (Fsp3) is 0.200. The molecule has 0 aromatic rings. The molecule has 0 heterocycles. The van der Waals surface area contributed by atoms with Crippen molar-refractivity contribution in [2.45, 2.75) is 13.3 Å². The van der Waals surface area contributed by atoms with Crippen molar-refractivity contribution in [3.05, 3.63) is 49.1 Å². The van der Waals surface area contributed by atoms with Gasteiger partial charge in [0.25, 0.3) is 0 Å². The smallest absolute Gasteiger partial charge is 0.0376 e. The lowest BCUT2D eigenvalue weighted by atomic mass is 10.3. The van der Waals surface area contributed by atoms with Gasteiger partial charge in [0.05, 0.1) is 0 Å². The Kier molecular flexibility index (Phi) is 7.13. The summed E-state index contributed by atoms with van der Waals surface area (Å²) in [5, 5.41) is 0. The van der Waals surface area contributed by atoms with E-state index in [1.54, 1.807) is 6.08 Å². The van der Waals surface area contributed by atoms with Gasteiger partial charge in [-0.2, -0.15) is 0 Å². The van der Waals surface area contributed by atoms with Crippen molar-refractivity contribution in [2.75, 3.05) is 0 Å². The van der Waals surface area contributed by atoms with Crippen LogP contribution in [0.1, 0.15) is 13.3 Å². The maximum Gasteiger partial charge on any atom is -0.0376 e. The second-order valence-corrected chi connectivity index (χ2v) is 1.84. The third-order valence-electron chi connectivity index (χ3n) is 0.952. The second-order valence-electron chi connectivity index (χ2n) is 1.84. The SMILES string of the molecule is C=C/C=C/C=C\C=C/CC. The Morgan fingerprint density at radius 3 is 2.20 bits per heavy atom. The van der Waals surface area contributed by atoms with Gasteiger partial charge in [0.15, 0.2) is 0 Å². The lowest BCUT2D eigenvalue weighted by molar-refractivity contribution is 1.22. The average molecular weight is 134 g/mol. The summed E-state index contributed by atoms with van der Waals surface area (Å²) in [6, 6.07) is 0. The molecule has 0 fully saturated rings. The van der Waals surface area contributed by atoms with Crippen LogP contribution in [0.4, 0.5) is 0 Å². The molecule has 0 radical (unpaired) electrons. The highest BCUT2D eigenvalue weighted by molar-refractivity contribution is 5.13. The van der Waals surface area contributed by atoms with E-state index in [1.807, 2.05) is 30.4 Å². The summed E-state index contributed by atoms with van der Waals surface area (Å²) in [4.78, 5) is 0. The fourth-order valence-corrected chi connectivity index (χ4v) is 0.486. The standard InChI is InChI=1S/C10H14/c1-3-5-7-9-10-8-6-4-2/h3,5-10H,1,4H2,2H3/b7-5+,8-6-,10-9-. The van der Waals surface area contributed by atoms with Gasteiger partial charge < -0.3 is 0 Å². The first-order valence-corrected chi connectivity index (χ1v) is 3.52. The molecular formula is C10H14. The number of hydrogen-bond acceptors (Lipinski definition) is 0. The van der Waals surface area contributed by atoms with E-state index in [-0.39, 0.29) is 0 Å². The molecule has 0 N–H and O–H groups in total. The van der Waals surface area contributed by atoms with E-state index in [1.165, 1.54) is 0 Å². The molecule has 0 nitrogen and oxygen atoms in total. The van der Waals surface area contributed by atoms with E-state index in [4.69, 9.17) is 0 Å². The molecule has 0 amide bonds. The Morgan fingerprint density at radius 2 is 1.60 bits per heavy atom. The van der Waals surface area contributed by atoms with E-state index >= 15 is 0 Å². The predicted molar refractivity (Wildman–Crippen MR) is 47.9 cm³/mol. The van der Waals surface area contributed by atoms with Gasteiger partial charge in [-0.3, -0.25) is 0 Å². The minimum atomic E-state index is 1.09. The van der Waals surface area contributed by atoms with Crippen LogP contribution in [0, 0.1) is 0 Å². The predicted octanol–water partition coefficient (Wildman–Crippen LogP) is 3.25. The van der Waals surface area contributed by atoms with Crippen LogP contribution in [0.5, 0.6) is 0 Å². The molecule has 0 aliphatic heterocycles. The Labute approximate surface area is 63.3 Å². The third kappa shape index (κ3) is 6.96. The molecule has 0 aliphatic rings. The first-order chi connectivity index (χ1) is 4.91. The van der Waals surface area contributed by atoms with Gasteiger partial charge in [0.2, 0.25) is 0 Å². The number of hydrogen-bond donors (Lipinski definition) is 0. The van der Waals surface area contributed by atoms with Crippen molar-refractivity contribution in [2.24, 2.45) is 0 Å². The van der Waals surface area contributed by atoms with Crippen LogP contribution >= 0.6 is 0 Å². The van der Waals surface area contributed by atoms with Crippen LogP contribution in [-0.2, 0) is 0 Å². The summed E-state index contributed by atoms with van der Waals surface area (Å²) >= 11 is 0. The molecule has 0 aromatic carbocycles. The van der Waals surface area contributed by atoms with Crippen LogP contribution < -0.4 is 0 Å². The topological polar surface area (TPSA) is 0 Å². The summed E-state index contributed by atoms with van der Waals surface area (Å²) in [5.74, 6) is 0. The molecule has 0 aromatic heterocycles. The van der Waals surface area contributed by atoms with Crippen molar-refractivity contribution in [3.63, 3.8) is 0 Å². The molecule has 10 heavy (non-hydrogen) atoms. The summed E-state index contributed by atoms with van der Waals surface area (Å²) in [6.07, 6.45) is 14.8. The normalized spacial score (nSPS) is 12.1. The lowest BCUT2D eigenvalue weighted by Crippen LogP contribution is -1.51. The van der Waals surface area contributed by atoms with E-state index in [9.17, 15) is 0 Å². The number of allylic oxidation sites excluding steroid dienone is 7. The van der Waals surface area contributed by atoms with E-state index < -0.39 is 0 Å². The Bertz CT molecular complexity index is 147. The van der Waals surface area contributed by atoms with Gasteiger partial charge in [-0.05, 0) is 6.42 Å². The second kappa shape index (κ2) is 7.96. The fourth-order valence-electron chi connectivity index (χ4n) is 0.486. The Balaban J connectivity index is 3.46. The van der Waals surface area contributed by atoms with Gasteiger partial charge in [-0.1, -0.05) is 56.0 Å². The zero-order valence-electron chi connectivity index (χ0n) is 6.46. The highest BCUT2D eigenvalue weighted by atomic mass is 13.7. The van der Waals surface area contributed by atoms with Crippen molar-refractivity contribution >= 4 is 0 Å². The largest absolute Gasteiger partial charge is 0.0991 e. The zero-order chi connectivity index (χ0) is 7.66. The van der Waals surface area contributed by atoms with Crippen LogP contribution in [0.25, 0.3) is 0 Å². The monoisotopic (exact) mass is 134 g/mol. The molecule has 0 atom stereocenters. The number of rotatable bonds is 4. The lowest BCUT2D eigenvalue weighted by Gasteiger charge is -1.73. The zero-order valence-corrected chi connectivity index (χ0v) is 6.46. The average Bonchev–Trinajstić information content (AvgIpc) is 1.97. The van der Waals surface area contributed by atoms with E-state index in [0.29, 0.717) is 0 Å². The van der Waals surface area contributed by atoms with E-state index in [0.717, 1.165) is 6.42 Å². The van der Waals surface area contributed by atoms with Gasteiger partial charge in [0, 0.05) is 0 Å². The minimum absolute atomic E-state index is 1.09. The first kappa shape index (κ1) is 8.96. The van der Waals surface area contributed by atoms with Crippen LogP contribution in [0.3, 0.4) is 0 Å². The van der Waals surface area contributed by atoms with Crippen molar-refractivity contribution in [1.29, 1.82) is 0 Å². The molecule has 0 bridgehead atoms.